The van der Waals surface area contributed by atoms with Crippen molar-refractivity contribution in [1.29, 1.82) is 0 Å². The second kappa shape index (κ2) is 6.70. The Morgan fingerprint density at radius 1 is 1.25 bits per heavy atom. The van der Waals surface area contributed by atoms with E-state index in [9.17, 15) is 4.79 Å². The van der Waals surface area contributed by atoms with Gasteiger partial charge in [0.25, 0.3) is 0 Å². The fourth-order valence-electron chi connectivity index (χ4n) is 1.78. The third-order valence-corrected chi connectivity index (χ3v) is 2.85. The molecule has 1 amide bonds. The van der Waals surface area contributed by atoms with Crippen LogP contribution in [-0.4, -0.2) is 17.5 Å². The second-order valence-corrected chi connectivity index (χ2v) is 4.63. The van der Waals surface area contributed by atoms with Crippen molar-refractivity contribution in [3.05, 3.63) is 53.7 Å². The summed E-state index contributed by atoms with van der Waals surface area (Å²) in [4.78, 5) is 15.9. The molecule has 104 valence electrons. The monoisotopic (exact) mass is 270 g/mol. The van der Waals surface area contributed by atoms with Gasteiger partial charge >= 0.3 is 0 Å². The average molecular weight is 270 g/mol. The smallest absolute Gasteiger partial charge is 0.228 e. The zero-order chi connectivity index (χ0) is 14.4. The molecule has 1 N–H and O–H groups in total. The number of carbonyl (C=O) groups excluding carboxylic acids is 1. The molecule has 0 saturated carbocycles. The number of anilines is 1. The van der Waals surface area contributed by atoms with Crippen LogP contribution in [-0.2, 0) is 4.79 Å². The Labute approximate surface area is 118 Å². The Kier molecular flexibility index (Phi) is 4.71. The van der Waals surface area contributed by atoms with Crippen LogP contribution in [0.1, 0.15) is 17.5 Å². The van der Waals surface area contributed by atoms with Crippen LogP contribution in [0.25, 0.3) is 0 Å². The number of ether oxygens (including phenoxy) is 1. The van der Waals surface area contributed by atoms with Crippen molar-refractivity contribution in [2.75, 3.05) is 11.9 Å². The molecule has 0 atom stereocenters. The SMILES string of the molecule is Cc1cccc(OCCC(=O)Nc2ncccc2C)c1. The molecule has 0 unspecified atom stereocenters. The molecule has 0 fully saturated rings. The summed E-state index contributed by atoms with van der Waals surface area (Å²) in [5.74, 6) is 1.29. The minimum absolute atomic E-state index is 0.0977. The largest absolute Gasteiger partial charge is 0.493 e. The fraction of sp³-hybridized carbons (Fsp3) is 0.250. The van der Waals surface area contributed by atoms with Crippen molar-refractivity contribution in [2.45, 2.75) is 20.3 Å². The number of aromatic nitrogens is 1. The highest BCUT2D eigenvalue weighted by atomic mass is 16.5. The van der Waals surface area contributed by atoms with Gasteiger partial charge in [0.1, 0.15) is 11.6 Å². The van der Waals surface area contributed by atoms with E-state index in [1.54, 1.807) is 6.20 Å². The van der Waals surface area contributed by atoms with Crippen LogP contribution in [0.4, 0.5) is 5.82 Å². The molecule has 0 saturated heterocycles. The Balaban J connectivity index is 1.80. The molecular formula is C16H18N2O2. The van der Waals surface area contributed by atoms with Gasteiger partial charge in [-0.2, -0.15) is 0 Å². The lowest BCUT2D eigenvalue weighted by atomic mass is 10.2. The molecule has 0 aliphatic carbocycles. The lowest BCUT2D eigenvalue weighted by Gasteiger charge is -2.08. The summed E-state index contributed by atoms with van der Waals surface area (Å²) in [7, 11) is 0. The first-order chi connectivity index (χ1) is 9.65. The van der Waals surface area contributed by atoms with E-state index < -0.39 is 0 Å². The Morgan fingerprint density at radius 2 is 2.10 bits per heavy atom. The topological polar surface area (TPSA) is 51.2 Å². The van der Waals surface area contributed by atoms with E-state index in [4.69, 9.17) is 4.74 Å². The summed E-state index contributed by atoms with van der Waals surface area (Å²) >= 11 is 0. The van der Waals surface area contributed by atoms with Crippen LogP contribution in [0.3, 0.4) is 0 Å². The van der Waals surface area contributed by atoms with E-state index in [1.165, 1.54) is 0 Å². The van der Waals surface area contributed by atoms with Gasteiger partial charge in [0.15, 0.2) is 0 Å². The summed E-state index contributed by atoms with van der Waals surface area (Å²) in [5.41, 5.74) is 2.08. The normalized spacial score (nSPS) is 10.1. The van der Waals surface area contributed by atoms with Crippen LogP contribution in [0.2, 0.25) is 0 Å². The summed E-state index contributed by atoms with van der Waals surface area (Å²) in [6.07, 6.45) is 1.95. The maximum absolute atomic E-state index is 11.8. The molecule has 0 radical (unpaired) electrons. The fourth-order valence-corrected chi connectivity index (χ4v) is 1.78. The number of benzene rings is 1. The number of rotatable bonds is 5. The Hall–Kier alpha value is -2.36. The second-order valence-electron chi connectivity index (χ2n) is 4.63. The third-order valence-electron chi connectivity index (χ3n) is 2.85. The summed E-state index contributed by atoms with van der Waals surface area (Å²) in [6.45, 7) is 4.26. The highest BCUT2D eigenvalue weighted by Gasteiger charge is 2.05. The van der Waals surface area contributed by atoms with Crippen LogP contribution in [0.5, 0.6) is 5.75 Å². The van der Waals surface area contributed by atoms with Gasteiger partial charge in [-0.25, -0.2) is 4.98 Å². The number of pyridine rings is 1. The van der Waals surface area contributed by atoms with Gasteiger partial charge in [0.2, 0.25) is 5.91 Å². The van der Waals surface area contributed by atoms with Gasteiger partial charge in [-0.3, -0.25) is 4.79 Å². The molecule has 4 nitrogen and oxygen atoms in total. The summed E-state index contributed by atoms with van der Waals surface area (Å²) in [5, 5.41) is 2.78. The molecule has 1 heterocycles. The molecule has 20 heavy (non-hydrogen) atoms. The maximum Gasteiger partial charge on any atom is 0.228 e. The number of hydrogen-bond donors (Lipinski definition) is 1. The highest BCUT2D eigenvalue weighted by Crippen LogP contribution is 2.13. The van der Waals surface area contributed by atoms with E-state index in [1.807, 2.05) is 50.2 Å². The number of nitrogens with one attached hydrogen (secondary N) is 1. The number of nitrogens with zero attached hydrogens (tertiary/aromatic N) is 1. The standard InChI is InChI=1S/C16H18N2O2/c1-12-5-3-7-14(11-12)20-10-8-15(19)18-16-13(2)6-4-9-17-16/h3-7,9,11H,8,10H2,1-2H3,(H,17,18,19). The number of aryl methyl sites for hydroxylation is 2. The summed E-state index contributed by atoms with van der Waals surface area (Å²) in [6, 6.07) is 11.5. The molecule has 1 aromatic heterocycles. The number of carbonyl (C=O) groups is 1. The van der Waals surface area contributed by atoms with Gasteiger partial charge in [-0.05, 0) is 43.2 Å². The average Bonchev–Trinajstić information content (AvgIpc) is 2.41. The first-order valence-electron chi connectivity index (χ1n) is 6.56. The van der Waals surface area contributed by atoms with Crippen molar-refractivity contribution in [3.8, 4) is 5.75 Å². The van der Waals surface area contributed by atoms with Gasteiger partial charge < -0.3 is 10.1 Å². The van der Waals surface area contributed by atoms with E-state index in [0.29, 0.717) is 18.8 Å². The first-order valence-corrected chi connectivity index (χ1v) is 6.56. The van der Waals surface area contributed by atoms with E-state index in [0.717, 1.165) is 16.9 Å². The molecule has 4 heteroatoms. The van der Waals surface area contributed by atoms with Crippen molar-refractivity contribution < 1.29 is 9.53 Å². The molecule has 2 rings (SSSR count). The van der Waals surface area contributed by atoms with Crippen molar-refractivity contribution in [3.63, 3.8) is 0 Å². The molecule has 0 aliphatic rings. The summed E-state index contributed by atoms with van der Waals surface area (Å²) < 4.78 is 5.54. The van der Waals surface area contributed by atoms with E-state index in [-0.39, 0.29) is 5.91 Å². The maximum atomic E-state index is 11.8. The van der Waals surface area contributed by atoms with Gasteiger partial charge in [-0.1, -0.05) is 18.2 Å². The van der Waals surface area contributed by atoms with Crippen molar-refractivity contribution in [1.82, 2.24) is 4.98 Å². The van der Waals surface area contributed by atoms with Crippen molar-refractivity contribution in [2.24, 2.45) is 0 Å². The Morgan fingerprint density at radius 3 is 2.85 bits per heavy atom. The zero-order valence-corrected chi connectivity index (χ0v) is 11.7. The molecule has 0 spiro atoms. The zero-order valence-electron chi connectivity index (χ0n) is 11.7. The quantitative estimate of drug-likeness (QED) is 0.908. The number of amides is 1. The minimum atomic E-state index is -0.0977. The predicted octanol–water partition coefficient (Wildman–Crippen LogP) is 3.11. The van der Waals surface area contributed by atoms with Gasteiger partial charge in [0.05, 0.1) is 13.0 Å². The van der Waals surface area contributed by atoms with Gasteiger partial charge in [0, 0.05) is 6.20 Å². The predicted molar refractivity (Wildman–Crippen MR) is 78.9 cm³/mol. The first kappa shape index (κ1) is 14.1. The Bertz CT molecular complexity index is 597. The third kappa shape index (κ3) is 4.09. The van der Waals surface area contributed by atoms with Crippen molar-refractivity contribution >= 4 is 11.7 Å². The van der Waals surface area contributed by atoms with Crippen LogP contribution >= 0.6 is 0 Å². The lowest BCUT2D eigenvalue weighted by Crippen LogP contribution is -2.16. The molecule has 0 aliphatic heterocycles. The molecular weight excluding hydrogens is 252 g/mol. The van der Waals surface area contributed by atoms with Crippen LogP contribution in [0.15, 0.2) is 42.6 Å². The molecule has 2 aromatic rings. The van der Waals surface area contributed by atoms with Gasteiger partial charge in [-0.15, -0.1) is 0 Å². The van der Waals surface area contributed by atoms with Crippen LogP contribution in [0, 0.1) is 13.8 Å². The van der Waals surface area contributed by atoms with E-state index in [2.05, 4.69) is 10.3 Å². The lowest BCUT2D eigenvalue weighted by molar-refractivity contribution is -0.116. The molecule has 1 aromatic carbocycles. The minimum Gasteiger partial charge on any atom is -0.493 e. The van der Waals surface area contributed by atoms with E-state index >= 15 is 0 Å². The van der Waals surface area contributed by atoms with Crippen LogP contribution < -0.4 is 10.1 Å². The molecule has 0 bridgehead atoms. The number of hydrogen-bond acceptors (Lipinski definition) is 3. The highest BCUT2D eigenvalue weighted by molar-refractivity contribution is 5.90.